The predicted molar refractivity (Wildman–Crippen MR) is 109 cm³/mol. The van der Waals surface area contributed by atoms with E-state index in [9.17, 15) is 18.8 Å². The summed E-state index contributed by atoms with van der Waals surface area (Å²) in [5.41, 5.74) is 1.86. The number of ether oxygens (including phenoxy) is 2. The van der Waals surface area contributed by atoms with Crippen molar-refractivity contribution in [2.24, 2.45) is 0 Å². The minimum atomic E-state index is -0.566. The van der Waals surface area contributed by atoms with Crippen LogP contribution in [0.2, 0.25) is 0 Å². The van der Waals surface area contributed by atoms with Crippen molar-refractivity contribution >= 4 is 29.3 Å². The number of rotatable bonds is 6. The maximum atomic E-state index is 14.8. The summed E-state index contributed by atoms with van der Waals surface area (Å²) < 4.78 is 25.0. The van der Waals surface area contributed by atoms with Gasteiger partial charge in [0.2, 0.25) is 5.91 Å². The first kappa shape index (κ1) is 21.6. The lowest BCUT2D eigenvalue weighted by Gasteiger charge is -2.31. The smallest absolute Gasteiger partial charge is 0.414 e. The van der Waals surface area contributed by atoms with Crippen LogP contribution < -0.4 is 15.1 Å². The van der Waals surface area contributed by atoms with Gasteiger partial charge in [0.1, 0.15) is 11.9 Å². The number of hydrogen-bond donors (Lipinski definition) is 1. The monoisotopic (exact) mass is 419 g/mol. The fraction of sp³-hybridized carbons (Fsp3) is 0.476. The number of amides is 2. The molecule has 2 saturated heterocycles. The first-order chi connectivity index (χ1) is 14.4. The number of cyclic esters (lactones) is 1. The quantitative estimate of drug-likeness (QED) is 0.563. The first-order valence-corrected chi connectivity index (χ1v) is 10.0. The normalized spacial score (nSPS) is 18.8. The van der Waals surface area contributed by atoms with Crippen molar-refractivity contribution in [3.05, 3.63) is 35.7 Å². The molecule has 0 spiro atoms. The molecule has 8 nitrogen and oxygen atoms in total. The van der Waals surface area contributed by atoms with Gasteiger partial charge >= 0.3 is 12.1 Å². The second-order valence-electron chi connectivity index (χ2n) is 7.23. The van der Waals surface area contributed by atoms with Gasteiger partial charge in [-0.3, -0.25) is 9.69 Å². The molecule has 9 heteroatoms. The molecular weight excluding hydrogens is 393 g/mol. The number of piperidine rings is 1. The van der Waals surface area contributed by atoms with Gasteiger partial charge in [-0.2, -0.15) is 0 Å². The van der Waals surface area contributed by atoms with Crippen LogP contribution in [0.1, 0.15) is 26.7 Å². The Morgan fingerprint density at radius 3 is 2.70 bits per heavy atom. The van der Waals surface area contributed by atoms with Crippen LogP contribution in [0.15, 0.2) is 29.8 Å². The molecule has 0 bridgehead atoms. The largest absolute Gasteiger partial charge is 0.463 e. The van der Waals surface area contributed by atoms with Crippen molar-refractivity contribution in [1.29, 1.82) is 0 Å². The van der Waals surface area contributed by atoms with Crippen molar-refractivity contribution in [2.75, 3.05) is 42.6 Å². The number of anilines is 2. The van der Waals surface area contributed by atoms with Gasteiger partial charge in [0.25, 0.3) is 0 Å². The van der Waals surface area contributed by atoms with E-state index in [1.165, 1.54) is 24.0 Å². The van der Waals surface area contributed by atoms with E-state index in [0.717, 1.165) is 5.57 Å². The highest BCUT2D eigenvalue weighted by molar-refractivity contribution is 5.90. The Balaban J connectivity index is 1.62. The molecule has 162 valence electrons. The van der Waals surface area contributed by atoms with E-state index < -0.39 is 18.0 Å². The van der Waals surface area contributed by atoms with Gasteiger partial charge in [-0.05, 0) is 38.0 Å². The van der Waals surface area contributed by atoms with Crippen LogP contribution in [0.5, 0.6) is 0 Å². The van der Waals surface area contributed by atoms with Gasteiger partial charge < -0.3 is 19.7 Å². The van der Waals surface area contributed by atoms with Crippen LogP contribution in [0, 0.1) is 5.82 Å². The summed E-state index contributed by atoms with van der Waals surface area (Å²) in [6, 6.07) is 4.66. The van der Waals surface area contributed by atoms with Crippen molar-refractivity contribution in [3.63, 3.8) is 0 Å². The fourth-order valence-corrected chi connectivity index (χ4v) is 3.55. The second-order valence-corrected chi connectivity index (χ2v) is 7.23. The lowest BCUT2D eigenvalue weighted by Crippen LogP contribution is -2.33. The topological polar surface area (TPSA) is 88.2 Å². The van der Waals surface area contributed by atoms with Crippen LogP contribution >= 0.6 is 0 Å². The summed E-state index contributed by atoms with van der Waals surface area (Å²) in [6.45, 7) is 5.12. The van der Waals surface area contributed by atoms with Gasteiger partial charge in [0, 0.05) is 26.1 Å². The molecule has 0 radical (unpaired) electrons. The van der Waals surface area contributed by atoms with Crippen LogP contribution in [0.4, 0.5) is 20.6 Å². The molecule has 2 aliphatic rings. The Hall–Kier alpha value is -3.10. The van der Waals surface area contributed by atoms with Gasteiger partial charge in [-0.15, -0.1) is 0 Å². The lowest BCUT2D eigenvalue weighted by molar-refractivity contribution is -0.137. The van der Waals surface area contributed by atoms with Crippen LogP contribution in [-0.2, 0) is 19.1 Å². The number of benzene rings is 1. The second kappa shape index (κ2) is 9.60. The van der Waals surface area contributed by atoms with Gasteiger partial charge in [-0.25, -0.2) is 14.0 Å². The van der Waals surface area contributed by atoms with Crippen molar-refractivity contribution in [2.45, 2.75) is 32.8 Å². The van der Waals surface area contributed by atoms with E-state index in [1.807, 2.05) is 4.90 Å². The van der Waals surface area contributed by atoms with Gasteiger partial charge in [-0.1, -0.05) is 5.57 Å². The molecule has 30 heavy (non-hydrogen) atoms. The van der Waals surface area contributed by atoms with E-state index >= 15 is 0 Å². The van der Waals surface area contributed by atoms with Crippen LogP contribution in [0.25, 0.3) is 0 Å². The number of hydrogen-bond acceptors (Lipinski definition) is 6. The summed E-state index contributed by atoms with van der Waals surface area (Å²) in [6.07, 6.45) is 1.79. The molecule has 1 aromatic rings. The van der Waals surface area contributed by atoms with Crippen molar-refractivity contribution in [3.8, 4) is 0 Å². The third-order valence-electron chi connectivity index (χ3n) is 5.05. The van der Waals surface area contributed by atoms with Gasteiger partial charge in [0.15, 0.2) is 0 Å². The third-order valence-corrected chi connectivity index (χ3v) is 5.05. The zero-order valence-corrected chi connectivity index (χ0v) is 17.2. The van der Waals surface area contributed by atoms with Gasteiger partial charge in [0.05, 0.1) is 31.1 Å². The maximum absolute atomic E-state index is 14.8. The Morgan fingerprint density at radius 2 is 2.07 bits per heavy atom. The zero-order chi connectivity index (χ0) is 21.7. The molecule has 3 rings (SSSR count). The Morgan fingerprint density at radius 1 is 1.33 bits per heavy atom. The van der Waals surface area contributed by atoms with E-state index in [0.29, 0.717) is 43.9 Å². The SMILES string of the molecule is CCOC(=O)C=C1CCN(c2ccc(N3CC(CNC(C)=O)OC3=O)cc2F)CC1. The number of nitrogens with one attached hydrogen (secondary N) is 1. The molecule has 1 unspecified atom stereocenters. The van der Waals surface area contributed by atoms with E-state index in [2.05, 4.69) is 5.32 Å². The average Bonchev–Trinajstić information content (AvgIpc) is 3.08. The minimum absolute atomic E-state index is 0.207. The predicted octanol–water partition coefficient (Wildman–Crippen LogP) is 2.38. The summed E-state index contributed by atoms with van der Waals surface area (Å²) in [5, 5.41) is 2.61. The van der Waals surface area contributed by atoms with Crippen LogP contribution in [0.3, 0.4) is 0 Å². The Bertz CT molecular complexity index is 847. The number of carbonyl (C=O) groups is 3. The molecular formula is C21H26FN3O5. The molecule has 2 amide bonds. The summed E-state index contributed by atoms with van der Waals surface area (Å²) in [4.78, 5) is 38.0. The van der Waals surface area contributed by atoms with Crippen molar-refractivity contribution < 1.29 is 28.2 Å². The fourth-order valence-electron chi connectivity index (χ4n) is 3.55. The number of halogens is 1. The highest BCUT2D eigenvalue weighted by Crippen LogP contribution is 2.30. The number of carbonyl (C=O) groups excluding carboxylic acids is 3. The third kappa shape index (κ3) is 5.28. The molecule has 2 aliphatic heterocycles. The molecule has 0 saturated carbocycles. The molecule has 2 heterocycles. The standard InChI is InChI=1S/C21H26FN3O5/c1-3-29-20(27)10-15-6-8-24(9-7-15)19-5-4-16(11-18(19)22)25-13-17(30-21(25)28)12-23-14(2)26/h4-5,10-11,17H,3,6-9,12-13H2,1-2H3,(H,23,26). The van der Waals surface area contributed by atoms with Crippen LogP contribution in [-0.4, -0.2) is 56.9 Å². The molecule has 1 N–H and O–H groups in total. The highest BCUT2D eigenvalue weighted by Gasteiger charge is 2.33. The van der Waals surface area contributed by atoms with E-state index in [-0.39, 0.29) is 25.0 Å². The zero-order valence-electron chi connectivity index (χ0n) is 17.2. The van der Waals surface area contributed by atoms with E-state index in [1.54, 1.807) is 19.1 Å². The maximum Gasteiger partial charge on any atom is 0.414 e. The molecule has 1 aromatic carbocycles. The van der Waals surface area contributed by atoms with Crippen molar-refractivity contribution in [1.82, 2.24) is 5.32 Å². The minimum Gasteiger partial charge on any atom is -0.463 e. The summed E-state index contributed by atoms with van der Waals surface area (Å²) in [7, 11) is 0. The molecule has 0 aliphatic carbocycles. The Labute approximate surface area is 174 Å². The summed E-state index contributed by atoms with van der Waals surface area (Å²) in [5.74, 6) is -0.976. The highest BCUT2D eigenvalue weighted by atomic mass is 19.1. The average molecular weight is 419 g/mol. The molecule has 1 atom stereocenters. The van der Waals surface area contributed by atoms with E-state index in [4.69, 9.17) is 9.47 Å². The first-order valence-electron chi connectivity index (χ1n) is 10.0. The summed E-state index contributed by atoms with van der Waals surface area (Å²) >= 11 is 0. The molecule has 2 fully saturated rings. The number of esters is 1. The lowest BCUT2D eigenvalue weighted by atomic mass is 10.0. The number of nitrogens with zero attached hydrogens (tertiary/aromatic N) is 2. The molecule has 0 aromatic heterocycles. The Kier molecular flexibility index (Phi) is 6.91.